The van der Waals surface area contributed by atoms with Crippen molar-refractivity contribution in [3.05, 3.63) is 95.1 Å². The van der Waals surface area contributed by atoms with Crippen LogP contribution >= 0.6 is 0 Å². The summed E-state index contributed by atoms with van der Waals surface area (Å²) in [5, 5.41) is 0. The van der Waals surface area contributed by atoms with Gasteiger partial charge >= 0.3 is 0 Å². The van der Waals surface area contributed by atoms with E-state index in [0.717, 1.165) is 37.6 Å². The number of benzene rings is 3. The number of ether oxygens (including phenoxy) is 2. The van der Waals surface area contributed by atoms with Crippen LogP contribution in [-0.2, 0) is 0 Å². The highest BCUT2D eigenvalue weighted by molar-refractivity contribution is 5.79. The van der Waals surface area contributed by atoms with Crippen LogP contribution in [0, 0.1) is 0 Å². The monoisotopic (exact) mass is 735 g/mol. The van der Waals surface area contributed by atoms with Crippen LogP contribution < -0.4 is 9.47 Å². The first-order valence-electron chi connectivity index (χ1n) is 22.7. The van der Waals surface area contributed by atoms with Crippen molar-refractivity contribution in [2.24, 2.45) is 0 Å². The van der Waals surface area contributed by atoms with E-state index in [1.165, 1.54) is 176 Å². The first-order valence-corrected chi connectivity index (χ1v) is 22.7. The second-order valence-electron chi connectivity index (χ2n) is 15.6. The molecule has 3 rings (SSSR count). The molecule has 2 nitrogen and oxygen atoms in total. The van der Waals surface area contributed by atoms with Crippen LogP contribution in [0.4, 0.5) is 0 Å². The molecule has 0 fully saturated rings. The maximum atomic E-state index is 6.04. The molecule has 0 heterocycles. The summed E-state index contributed by atoms with van der Waals surface area (Å²) in [6.45, 7) is 6.20. The third kappa shape index (κ3) is 22.8. The third-order valence-corrected chi connectivity index (χ3v) is 10.7. The summed E-state index contributed by atoms with van der Waals surface area (Å²) in [5.41, 5.74) is 4.76. The molecule has 0 aliphatic carbocycles. The van der Waals surface area contributed by atoms with E-state index in [0.29, 0.717) is 0 Å². The zero-order valence-corrected chi connectivity index (χ0v) is 34.9. The lowest BCUT2D eigenvalue weighted by Crippen LogP contribution is -1.97. The first kappa shape index (κ1) is 45.1. The molecule has 2 heteroatoms. The largest absolute Gasteiger partial charge is 0.494 e. The van der Waals surface area contributed by atoms with Gasteiger partial charge in [0, 0.05) is 0 Å². The molecule has 0 N–H and O–H groups in total. The van der Waals surface area contributed by atoms with Gasteiger partial charge in [-0.2, -0.15) is 0 Å². The number of hydrogen-bond acceptors (Lipinski definition) is 2. The molecular weight excluding hydrogens is 657 g/mol. The molecule has 54 heavy (non-hydrogen) atoms. The molecule has 0 saturated heterocycles. The molecule has 0 spiro atoms. The Bertz CT molecular complexity index is 1230. The van der Waals surface area contributed by atoms with Crippen molar-refractivity contribution >= 4 is 24.3 Å². The molecule has 3 aromatic rings. The second kappa shape index (κ2) is 32.0. The van der Waals surface area contributed by atoms with E-state index in [1.807, 2.05) is 0 Å². The summed E-state index contributed by atoms with van der Waals surface area (Å²) in [5.74, 6) is 1.93. The molecule has 3 aromatic carbocycles. The Labute approximate surface area is 333 Å². The van der Waals surface area contributed by atoms with Crippen molar-refractivity contribution in [1.29, 1.82) is 0 Å². The van der Waals surface area contributed by atoms with Crippen molar-refractivity contribution in [3.8, 4) is 11.5 Å². The third-order valence-electron chi connectivity index (χ3n) is 10.7. The van der Waals surface area contributed by atoms with E-state index in [9.17, 15) is 0 Å². The van der Waals surface area contributed by atoms with Crippen molar-refractivity contribution < 1.29 is 9.47 Å². The van der Waals surface area contributed by atoms with E-state index in [2.05, 4.69) is 111 Å². The van der Waals surface area contributed by atoms with Crippen LogP contribution in [0.1, 0.15) is 203 Å². The average Bonchev–Trinajstić information content (AvgIpc) is 3.20. The van der Waals surface area contributed by atoms with Gasteiger partial charge in [-0.15, -0.1) is 0 Å². The van der Waals surface area contributed by atoms with Crippen molar-refractivity contribution in [2.75, 3.05) is 13.2 Å². The molecule has 0 unspecified atom stereocenters. The Kier molecular flexibility index (Phi) is 26.8. The quantitative estimate of drug-likeness (QED) is 0.0449. The average molecular weight is 735 g/mol. The van der Waals surface area contributed by atoms with Crippen LogP contribution in [-0.4, -0.2) is 13.2 Å². The molecule has 0 aromatic heterocycles. The molecule has 0 radical (unpaired) electrons. The van der Waals surface area contributed by atoms with E-state index in [-0.39, 0.29) is 0 Å². The minimum atomic E-state index is 0.807. The Morgan fingerprint density at radius 2 is 0.593 bits per heavy atom. The van der Waals surface area contributed by atoms with Gasteiger partial charge in [0.15, 0.2) is 0 Å². The number of hydrogen-bond donors (Lipinski definition) is 0. The zero-order chi connectivity index (χ0) is 38.0. The Hall–Kier alpha value is -3.26. The maximum Gasteiger partial charge on any atom is 0.119 e. The summed E-state index contributed by atoms with van der Waals surface area (Å²) >= 11 is 0. The van der Waals surface area contributed by atoms with Gasteiger partial charge in [0.05, 0.1) is 13.2 Å². The molecular formula is C52H78O2. The van der Waals surface area contributed by atoms with Gasteiger partial charge in [-0.05, 0) is 59.4 Å². The second-order valence-corrected chi connectivity index (χ2v) is 15.6. The smallest absolute Gasteiger partial charge is 0.119 e. The molecule has 0 amide bonds. The highest BCUT2D eigenvalue weighted by Crippen LogP contribution is 2.21. The fourth-order valence-electron chi connectivity index (χ4n) is 7.16. The molecule has 0 bridgehead atoms. The van der Waals surface area contributed by atoms with Gasteiger partial charge < -0.3 is 9.47 Å². The SMILES string of the molecule is CCCCCCCCCCCCCCCOc1ccc(C=Cc2ccccc2C=Cc2ccc(OCCCCCCCCCCCCCCC)cc2)cc1. The predicted octanol–water partition coefficient (Wildman–Crippen LogP) is 17.0. The minimum absolute atomic E-state index is 0.807. The summed E-state index contributed by atoms with van der Waals surface area (Å²) in [6.07, 6.45) is 44.5. The zero-order valence-electron chi connectivity index (χ0n) is 34.9. The van der Waals surface area contributed by atoms with Crippen LogP contribution in [0.15, 0.2) is 72.8 Å². The van der Waals surface area contributed by atoms with Gasteiger partial charge in [0.25, 0.3) is 0 Å². The fraction of sp³-hybridized carbons (Fsp3) is 0.577. The predicted molar refractivity (Wildman–Crippen MR) is 240 cm³/mol. The van der Waals surface area contributed by atoms with E-state index in [4.69, 9.17) is 9.47 Å². The van der Waals surface area contributed by atoms with Crippen molar-refractivity contribution in [2.45, 2.75) is 181 Å². The van der Waals surface area contributed by atoms with Gasteiger partial charge in [0.2, 0.25) is 0 Å². The highest BCUT2D eigenvalue weighted by atomic mass is 16.5. The van der Waals surface area contributed by atoms with Gasteiger partial charge in [-0.3, -0.25) is 0 Å². The molecule has 0 aliphatic heterocycles. The summed E-state index contributed by atoms with van der Waals surface area (Å²) in [4.78, 5) is 0. The Morgan fingerprint density at radius 3 is 0.889 bits per heavy atom. The van der Waals surface area contributed by atoms with Gasteiger partial charge in [-0.1, -0.05) is 241 Å². The minimum Gasteiger partial charge on any atom is -0.494 e. The topological polar surface area (TPSA) is 18.5 Å². The Balaban J connectivity index is 1.25. The molecule has 0 aliphatic rings. The fourth-order valence-corrected chi connectivity index (χ4v) is 7.16. The summed E-state index contributed by atoms with van der Waals surface area (Å²) in [7, 11) is 0. The van der Waals surface area contributed by atoms with Crippen LogP contribution in [0.3, 0.4) is 0 Å². The van der Waals surface area contributed by atoms with E-state index >= 15 is 0 Å². The molecule has 0 atom stereocenters. The summed E-state index contributed by atoms with van der Waals surface area (Å²) in [6, 6.07) is 25.6. The lowest BCUT2D eigenvalue weighted by molar-refractivity contribution is 0.304. The van der Waals surface area contributed by atoms with Gasteiger partial charge in [0.1, 0.15) is 11.5 Å². The van der Waals surface area contributed by atoms with Crippen LogP contribution in [0.2, 0.25) is 0 Å². The molecule has 298 valence electrons. The first-order chi connectivity index (χ1) is 26.8. The van der Waals surface area contributed by atoms with E-state index in [1.54, 1.807) is 0 Å². The highest BCUT2D eigenvalue weighted by Gasteiger charge is 2.00. The number of rotatable bonds is 34. The lowest BCUT2D eigenvalue weighted by atomic mass is 10.0. The normalized spacial score (nSPS) is 11.6. The van der Waals surface area contributed by atoms with Crippen LogP contribution in [0.5, 0.6) is 11.5 Å². The van der Waals surface area contributed by atoms with Crippen molar-refractivity contribution in [3.63, 3.8) is 0 Å². The van der Waals surface area contributed by atoms with Crippen LogP contribution in [0.25, 0.3) is 24.3 Å². The standard InChI is InChI=1S/C52H78O2/c1-3-5-7-9-11-13-15-17-19-21-23-25-29-45-53-51-41-35-47(36-42-51)33-39-49-31-27-28-32-50(49)40-34-48-37-43-52(44-38-48)54-46-30-26-24-22-20-18-16-14-12-10-8-6-4-2/h27-28,31-44H,3-26,29-30,45-46H2,1-2H3. The van der Waals surface area contributed by atoms with E-state index < -0.39 is 0 Å². The molecule has 0 saturated carbocycles. The Morgan fingerprint density at radius 1 is 0.315 bits per heavy atom. The lowest BCUT2D eigenvalue weighted by Gasteiger charge is -2.07. The van der Waals surface area contributed by atoms with Crippen molar-refractivity contribution in [1.82, 2.24) is 0 Å². The summed E-state index contributed by atoms with van der Waals surface area (Å²) < 4.78 is 12.1. The number of unbranched alkanes of at least 4 members (excludes halogenated alkanes) is 24. The van der Waals surface area contributed by atoms with Gasteiger partial charge in [-0.25, -0.2) is 0 Å². The maximum absolute atomic E-state index is 6.04.